The number of carbonyl (C=O) groups is 2. The van der Waals surface area contributed by atoms with Crippen LogP contribution < -0.4 is 16.0 Å². The van der Waals surface area contributed by atoms with Crippen molar-refractivity contribution >= 4 is 28.9 Å². The highest BCUT2D eigenvalue weighted by atomic mass is 16.2. The lowest BCUT2D eigenvalue weighted by atomic mass is 10.1. The second kappa shape index (κ2) is 9.01. The second-order valence-electron chi connectivity index (χ2n) is 5.96. The topological polar surface area (TPSA) is 94.0 Å². The Morgan fingerprint density at radius 2 is 1.54 bits per heavy atom. The van der Waals surface area contributed by atoms with Gasteiger partial charge in [0.15, 0.2) is 0 Å². The number of hydrogen-bond acceptors (Lipinski definition) is 4. The molecule has 3 rings (SSSR count). The standard InChI is InChI=1S/C22H18N4O2/c23-14-16-7-6-10-18(13-16)24-15-21(27)26-20-12-5-4-11-19(20)22(28)25-17-8-2-1-3-9-17/h1-13,24H,15H2,(H,25,28)(H,26,27). The molecule has 0 atom stereocenters. The van der Waals surface area contributed by atoms with Crippen LogP contribution in [-0.2, 0) is 4.79 Å². The molecule has 0 aliphatic heterocycles. The summed E-state index contributed by atoms with van der Waals surface area (Å²) in [5.74, 6) is -0.612. The zero-order chi connectivity index (χ0) is 19.8. The molecular weight excluding hydrogens is 352 g/mol. The number of benzene rings is 3. The molecule has 2 amide bonds. The molecule has 0 aromatic heterocycles. The van der Waals surface area contributed by atoms with Crippen molar-refractivity contribution in [1.29, 1.82) is 5.26 Å². The highest BCUT2D eigenvalue weighted by Crippen LogP contribution is 2.17. The summed E-state index contributed by atoms with van der Waals surface area (Å²) >= 11 is 0. The molecule has 0 unspecified atom stereocenters. The van der Waals surface area contributed by atoms with Crippen LogP contribution in [0.3, 0.4) is 0 Å². The molecule has 0 spiro atoms. The number of nitriles is 1. The molecule has 3 aromatic rings. The fourth-order valence-corrected chi connectivity index (χ4v) is 2.59. The summed E-state index contributed by atoms with van der Waals surface area (Å²) in [7, 11) is 0. The number of nitrogens with one attached hydrogen (secondary N) is 3. The largest absolute Gasteiger partial charge is 0.376 e. The van der Waals surface area contributed by atoms with Gasteiger partial charge in [-0.05, 0) is 42.5 Å². The average Bonchev–Trinajstić information content (AvgIpc) is 2.73. The third-order valence-corrected chi connectivity index (χ3v) is 3.92. The molecule has 0 aliphatic carbocycles. The van der Waals surface area contributed by atoms with E-state index in [9.17, 15) is 9.59 Å². The normalized spacial score (nSPS) is 9.82. The van der Waals surface area contributed by atoms with Crippen molar-refractivity contribution in [2.75, 3.05) is 22.5 Å². The van der Waals surface area contributed by atoms with Crippen LogP contribution >= 0.6 is 0 Å². The van der Waals surface area contributed by atoms with Crippen LogP contribution in [0.1, 0.15) is 15.9 Å². The van der Waals surface area contributed by atoms with Gasteiger partial charge in [-0.3, -0.25) is 9.59 Å². The van der Waals surface area contributed by atoms with Crippen LogP contribution in [0.2, 0.25) is 0 Å². The lowest BCUT2D eigenvalue weighted by Crippen LogP contribution is -2.24. The third kappa shape index (κ3) is 4.96. The molecule has 3 N–H and O–H groups in total. The van der Waals surface area contributed by atoms with E-state index in [1.165, 1.54) is 0 Å². The minimum atomic E-state index is -0.309. The van der Waals surface area contributed by atoms with Gasteiger partial charge in [-0.25, -0.2) is 0 Å². The van der Waals surface area contributed by atoms with Crippen LogP contribution in [0.15, 0.2) is 78.9 Å². The number of hydrogen-bond donors (Lipinski definition) is 3. The van der Waals surface area contributed by atoms with Crippen LogP contribution in [0, 0.1) is 11.3 Å². The summed E-state index contributed by atoms with van der Waals surface area (Å²) in [5, 5.41) is 17.4. The molecule has 0 saturated heterocycles. The van der Waals surface area contributed by atoms with E-state index in [0.717, 1.165) is 0 Å². The van der Waals surface area contributed by atoms with Crippen molar-refractivity contribution < 1.29 is 9.59 Å². The van der Waals surface area contributed by atoms with E-state index in [0.29, 0.717) is 28.2 Å². The fraction of sp³-hybridized carbons (Fsp3) is 0.0455. The Balaban J connectivity index is 1.64. The van der Waals surface area contributed by atoms with Gasteiger partial charge in [-0.2, -0.15) is 5.26 Å². The van der Waals surface area contributed by atoms with E-state index in [2.05, 4.69) is 16.0 Å². The van der Waals surface area contributed by atoms with Crippen molar-refractivity contribution in [3.8, 4) is 6.07 Å². The summed E-state index contributed by atoms with van der Waals surface area (Å²) in [6, 6.07) is 24.8. The van der Waals surface area contributed by atoms with E-state index < -0.39 is 0 Å². The first kappa shape index (κ1) is 18.7. The maximum atomic E-state index is 12.6. The zero-order valence-electron chi connectivity index (χ0n) is 15.0. The predicted molar refractivity (Wildman–Crippen MR) is 109 cm³/mol. The molecule has 6 heteroatoms. The van der Waals surface area contributed by atoms with Crippen LogP contribution in [0.5, 0.6) is 0 Å². The van der Waals surface area contributed by atoms with Gasteiger partial charge < -0.3 is 16.0 Å². The monoisotopic (exact) mass is 370 g/mol. The van der Waals surface area contributed by atoms with Crippen molar-refractivity contribution in [3.05, 3.63) is 90.0 Å². The van der Waals surface area contributed by atoms with Gasteiger partial charge in [0.25, 0.3) is 5.91 Å². The van der Waals surface area contributed by atoms with Crippen LogP contribution in [0.25, 0.3) is 0 Å². The van der Waals surface area contributed by atoms with Crippen molar-refractivity contribution in [3.63, 3.8) is 0 Å². The molecule has 3 aromatic carbocycles. The van der Waals surface area contributed by atoms with Gasteiger partial charge in [0.2, 0.25) is 5.91 Å². The predicted octanol–water partition coefficient (Wildman–Crippen LogP) is 3.86. The Morgan fingerprint density at radius 3 is 2.32 bits per heavy atom. The Morgan fingerprint density at radius 1 is 0.821 bits per heavy atom. The minimum Gasteiger partial charge on any atom is -0.376 e. The molecule has 0 saturated carbocycles. The number of rotatable bonds is 6. The number of anilines is 3. The van der Waals surface area contributed by atoms with E-state index >= 15 is 0 Å². The van der Waals surface area contributed by atoms with Gasteiger partial charge in [0.1, 0.15) is 0 Å². The highest BCUT2D eigenvalue weighted by Gasteiger charge is 2.13. The lowest BCUT2D eigenvalue weighted by Gasteiger charge is -2.12. The first-order chi connectivity index (χ1) is 13.7. The van der Waals surface area contributed by atoms with E-state index in [1.807, 2.05) is 24.3 Å². The fourth-order valence-electron chi connectivity index (χ4n) is 2.59. The molecule has 0 heterocycles. The zero-order valence-corrected chi connectivity index (χ0v) is 15.0. The third-order valence-electron chi connectivity index (χ3n) is 3.92. The van der Waals surface area contributed by atoms with Gasteiger partial charge in [-0.1, -0.05) is 36.4 Å². The molecule has 28 heavy (non-hydrogen) atoms. The Hall–Kier alpha value is -4.11. The SMILES string of the molecule is N#Cc1cccc(NCC(=O)Nc2ccccc2C(=O)Nc2ccccc2)c1. The Labute approximate surface area is 162 Å². The molecule has 0 radical (unpaired) electrons. The summed E-state index contributed by atoms with van der Waals surface area (Å²) in [5.41, 5.74) is 2.64. The summed E-state index contributed by atoms with van der Waals surface area (Å²) in [6.45, 7) is 0.00349. The summed E-state index contributed by atoms with van der Waals surface area (Å²) in [6.07, 6.45) is 0. The van der Waals surface area contributed by atoms with Crippen LogP contribution in [-0.4, -0.2) is 18.4 Å². The Kier molecular flexibility index (Phi) is 6.01. The van der Waals surface area contributed by atoms with E-state index in [-0.39, 0.29) is 18.4 Å². The Bertz CT molecular complexity index is 1030. The van der Waals surface area contributed by atoms with Crippen LogP contribution in [0.4, 0.5) is 17.1 Å². The minimum absolute atomic E-state index is 0.00349. The van der Waals surface area contributed by atoms with Crippen molar-refractivity contribution in [2.24, 2.45) is 0 Å². The first-order valence-electron chi connectivity index (χ1n) is 8.65. The number of carbonyl (C=O) groups excluding carboxylic acids is 2. The van der Waals surface area contributed by atoms with Gasteiger partial charge in [0.05, 0.1) is 29.4 Å². The number of amides is 2. The molecular formula is C22H18N4O2. The summed E-state index contributed by atoms with van der Waals surface area (Å²) in [4.78, 5) is 24.9. The molecule has 138 valence electrons. The van der Waals surface area contributed by atoms with Gasteiger partial charge in [0, 0.05) is 11.4 Å². The van der Waals surface area contributed by atoms with E-state index in [4.69, 9.17) is 5.26 Å². The quantitative estimate of drug-likeness (QED) is 0.614. The molecule has 0 bridgehead atoms. The van der Waals surface area contributed by atoms with Crippen molar-refractivity contribution in [2.45, 2.75) is 0 Å². The maximum absolute atomic E-state index is 12.6. The molecule has 6 nitrogen and oxygen atoms in total. The van der Waals surface area contributed by atoms with Gasteiger partial charge >= 0.3 is 0 Å². The van der Waals surface area contributed by atoms with Gasteiger partial charge in [-0.15, -0.1) is 0 Å². The summed E-state index contributed by atoms with van der Waals surface area (Å²) < 4.78 is 0. The molecule has 0 fully saturated rings. The molecule has 0 aliphatic rings. The highest BCUT2D eigenvalue weighted by molar-refractivity contribution is 6.10. The average molecular weight is 370 g/mol. The van der Waals surface area contributed by atoms with Crippen molar-refractivity contribution in [1.82, 2.24) is 0 Å². The van der Waals surface area contributed by atoms with E-state index in [1.54, 1.807) is 60.7 Å². The number of nitrogens with zero attached hydrogens (tertiary/aromatic N) is 1. The lowest BCUT2D eigenvalue weighted by molar-refractivity contribution is -0.114. The smallest absolute Gasteiger partial charge is 0.257 e. The first-order valence-corrected chi connectivity index (χ1v) is 8.65. The second-order valence-corrected chi connectivity index (χ2v) is 5.96. The number of para-hydroxylation sites is 2. The maximum Gasteiger partial charge on any atom is 0.257 e.